The first-order valence-electron chi connectivity index (χ1n) is 11.0. The van der Waals surface area contributed by atoms with Crippen molar-refractivity contribution >= 4 is 22.8 Å². The van der Waals surface area contributed by atoms with Gasteiger partial charge in [0.25, 0.3) is 0 Å². The van der Waals surface area contributed by atoms with E-state index in [9.17, 15) is 14.3 Å². The summed E-state index contributed by atoms with van der Waals surface area (Å²) in [6.07, 6.45) is 0.779. The Labute approximate surface area is 193 Å². The lowest BCUT2D eigenvalue weighted by atomic mass is 10.1. The van der Waals surface area contributed by atoms with Crippen LogP contribution in [0.3, 0.4) is 0 Å². The average molecular weight is 457 g/mol. The summed E-state index contributed by atoms with van der Waals surface area (Å²) in [6, 6.07) is 9.85. The molecule has 9 heteroatoms. The number of alkyl carbamates (subject to hydrolysis) is 1. The summed E-state index contributed by atoms with van der Waals surface area (Å²) in [5, 5.41) is 14.0. The molecule has 0 spiro atoms. The maximum atomic E-state index is 14.6. The number of aryl methyl sites for hydroxylation is 1. The molecule has 2 aliphatic rings. The summed E-state index contributed by atoms with van der Waals surface area (Å²) in [4.78, 5) is 23.5. The van der Waals surface area contributed by atoms with Gasteiger partial charge in [0.05, 0.1) is 30.3 Å². The summed E-state index contributed by atoms with van der Waals surface area (Å²) in [5.41, 5.74) is 1.64. The van der Waals surface area contributed by atoms with Gasteiger partial charge in [-0.1, -0.05) is 12.1 Å². The summed E-state index contributed by atoms with van der Waals surface area (Å²) < 4.78 is 25.2. The maximum absolute atomic E-state index is 14.6. The van der Waals surface area contributed by atoms with Gasteiger partial charge in [-0.25, -0.2) is 19.2 Å². The number of nitrogens with one attached hydrogen (secondary N) is 1. The predicted octanol–water partition coefficient (Wildman–Crippen LogP) is 4.04. The second kappa shape index (κ2) is 8.82. The van der Waals surface area contributed by atoms with Crippen LogP contribution in [-0.2, 0) is 9.47 Å². The third kappa shape index (κ3) is 4.41. The fourth-order valence-electron chi connectivity index (χ4n) is 4.34. The van der Waals surface area contributed by atoms with Gasteiger partial charge >= 0.3 is 6.09 Å². The van der Waals surface area contributed by atoms with Crippen molar-refractivity contribution in [2.75, 3.05) is 31.2 Å². The van der Waals surface area contributed by atoms with E-state index in [1.165, 1.54) is 18.2 Å². The Morgan fingerprint density at radius 3 is 2.97 bits per heavy atom. The number of anilines is 1. The summed E-state index contributed by atoms with van der Waals surface area (Å²) >= 11 is 0. The Hall–Kier alpha value is -3.46. The molecule has 3 aromatic rings. The summed E-state index contributed by atoms with van der Waals surface area (Å²) in [7, 11) is 0. The van der Waals surface area contributed by atoms with Gasteiger partial charge in [0.2, 0.25) is 0 Å². The van der Waals surface area contributed by atoms with Crippen molar-refractivity contribution in [3.63, 3.8) is 0 Å². The number of carbonyl (C=O) groups is 1. The Balaban J connectivity index is 0.00000171. The van der Waals surface area contributed by atoms with E-state index < -0.39 is 11.9 Å². The summed E-state index contributed by atoms with van der Waals surface area (Å²) in [5.74, 6) is -0.0459. The van der Waals surface area contributed by atoms with Gasteiger partial charge in [-0.3, -0.25) is 0 Å². The van der Waals surface area contributed by atoms with Crippen molar-refractivity contribution in [2.24, 2.45) is 0 Å². The van der Waals surface area contributed by atoms with Crippen molar-refractivity contribution in [3.05, 3.63) is 47.8 Å². The lowest BCUT2D eigenvalue weighted by molar-refractivity contribution is 0.0813. The summed E-state index contributed by atoms with van der Waals surface area (Å²) in [6.45, 7) is 4.18. The van der Waals surface area contributed by atoms with Crippen LogP contribution in [-0.4, -0.2) is 59.6 Å². The molecule has 33 heavy (non-hydrogen) atoms. The van der Waals surface area contributed by atoms with Gasteiger partial charge in [-0.2, -0.15) is 0 Å². The van der Waals surface area contributed by atoms with Crippen LogP contribution in [0.15, 0.2) is 36.4 Å². The number of fused-ring (bicyclic) bond motifs is 1. The highest BCUT2D eigenvalue weighted by molar-refractivity contribution is 5.92. The number of nitrogens with zero attached hydrogens (tertiary/aromatic N) is 3. The molecule has 2 atom stereocenters. The monoisotopic (exact) mass is 456 g/mol. The van der Waals surface area contributed by atoms with E-state index >= 15 is 0 Å². The van der Waals surface area contributed by atoms with Crippen molar-refractivity contribution in [3.8, 4) is 17.1 Å². The normalized spacial score (nSPS) is 20.4. The number of benzene rings is 2. The minimum atomic E-state index is -0.590. The van der Waals surface area contributed by atoms with E-state index in [1.54, 1.807) is 0 Å². The number of hydrogen-bond donors (Lipinski definition) is 2. The standard InChI is InChI=1S/C24H25FN4O4.2H2/c1-14-5-6-17-19(11-14)27-22(21-18(25)3-2-4-20(21)30)28-23(17)29-9-7-15(12-29)26-24(31)33-16-8-10-32-13-16;;/h2-6,11,15-16,30H,7-10,12-13H2,1H3,(H,26,31);2*1H/t15-,16+;;/m1../s1. The van der Waals surface area contributed by atoms with Crippen molar-refractivity contribution in [2.45, 2.75) is 31.9 Å². The van der Waals surface area contributed by atoms with Gasteiger partial charge in [0.15, 0.2) is 5.82 Å². The number of halogens is 1. The second-order valence-electron chi connectivity index (χ2n) is 8.49. The molecule has 2 aromatic carbocycles. The van der Waals surface area contributed by atoms with Gasteiger partial charge < -0.3 is 24.8 Å². The molecule has 2 saturated heterocycles. The molecule has 1 amide bonds. The lowest BCUT2D eigenvalue weighted by Crippen LogP contribution is -2.39. The average Bonchev–Trinajstić information content (AvgIpc) is 3.45. The van der Waals surface area contributed by atoms with E-state index in [2.05, 4.69) is 15.3 Å². The minimum absolute atomic E-state index is 0. The molecule has 0 bridgehead atoms. The molecule has 8 nitrogen and oxygen atoms in total. The van der Waals surface area contributed by atoms with Gasteiger partial charge in [0.1, 0.15) is 23.5 Å². The second-order valence-corrected chi connectivity index (χ2v) is 8.49. The Morgan fingerprint density at radius 1 is 1.30 bits per heavy atom. The maximum Gasteiger partial charge on any atom is 0.407 e. The number of ether oxygens (including phenoxy) is 2. The molecule has 5 rings (SSSR count). The van der Waals surface area contributed by atoms with Gasteiger partial charge in [0, 0.05) is 27.7 Å². The van der Waals surface area contributed by atoms with Crippen molar-refractivity contribution in [1.29, 1.82) is 0 Å². The van der Waals surface area contributed by atoms with Crippen LogP contribution in [0.1, 0.15) is 21.3 Å². The topological polar surface area (TPSA) is 96.8 Å². The highest BCUT2D eigenvalue weighted by atomic mass is 19.1. The molecular weight excluding hydrogens is 427 g/mol. The molecule has 2 fully saturated rings. The minimum Gasteiger partial charge on any atom is -0.507 e. The molecule has 0 radical (unpaired) electrons. The lowest BCUT2D eigenvalue weighted by Gasteiger charge is -2.21. The molecule has 1 aromatic heterocycles. The largest absolute Gasteiger partial charge is 0.507 e. The van der Waals surface area contributed by atoms with E-state index in [1.807, 2.05) is 30.0 Å². The number of rotatable bonds is 4. The third-order valence-corrected chi connectivity index (χ3v) is 6.02. The van der Waals surface area contributed by atoms with E-state index in [0.717, 1.165) is 10.9 Å². The number of amides is 1. The van der Waals surface area contributed by atoms with Crippen LogP contribution < -0.4 is 10.2 Å². The van der Waals surface area contributed by atoms with Gasteiger partial charge in [-0.15, -0.1) is 0 Å². The Morgan fingerprint density at radius 2 is 2.18 bits per heavy atom. The quantitative estimate of drug-likeness (QED) is 0.612. The number of hydrogen-bond acceptors (Lipinski definition) is 7. The fraction of sp³-hybridized carbons (Fsp3) is 0.375. The molecule has 2 aliphatic heterocycles. The molecular formula is C24H29FN4O4. The SMILES string of the molecule is Cc1ccc2c(N3CC[C@@H](NC(=O)O[C@H]4CCOC4)C3)nc(-c3c(O)cccc3F)nc2c1.[HH].[HH]. The Kier molecular flexibility index (Phi) is 5.72. The van der Waals surface area contributed by atoms with Crippen molar-refractivity contribution < 1.29 is 26.6 Å². The molecule has 0 saturated carbocycles. The molecule has 0 unspecified atom stereocenters. The molecule has 2 N–H and O–H groups in total. The predicted molar refractivity (Wildman–Crippen MR) is 125 cm³/mol. The van der Waals surface area contributed by atoms with Crippen LogP contribution >= 0.6 is 0 Å². The van der Waals surface area contributed by atoms with Gasteiger partial charge in [-0.05, 0) is 43.2 Å². The van der Waals surface area contributed by atoms with Crippen LogP contribution in [0, 0.1) is 12.7 Å². The number of aromatic nitrogens is 2. The first-order chi connectivity index (χ1) is 16.0. The van der Waals surface area contributed by atoms with Crippen LogP contribution in [0.5, 0.6) is 5.75 Å². The van der Waals surface area contributed by atoms with E-state index in [-0.39, 0.29) is 32.1 Å². The third-order valence-electron chi connectivity index (χ3n) is 6.02. The number of aromatic hydroxyl groups is 1. The molecule has 176 valence electrons. The first kappa shape index (κ1) is 21.4. The smallest absolute Gasteiger partial charge is 0.407 e. The number of phenolic OH excluding ortho intramolecular Hbond substituents is 1. The van der Waals surface area contributed by atoms with Crippen LogP contribution in [0.25, 0.3) is 22.3 Å². The van der Waals surface area contributed by atoms with Crippen molar-refractivity contribution in [1.82, 2.24) is 15.3 Å². The Bertz CT molecular complexity index is 1190. The van der Waals surface area contributed by atoms with E-state index in [4.69, 9.17) is 9.47 Å². The zero-order chi connectivity index (χ0) is 22.9. The first-order valence-corrected chi connectivity index (χ1v) is 11.0. The highest BCUT2D eigenvalue weighted by Gasteiger charge is 2.29. The molecule has 0 aliphatic carbocycles. The van der Waals surface area contributed by atoms with E-state index in [0.29, 0.717) is 50.5 Å². The fourth-order valence-corrected chi connectivity index (χ4v) is 4.34. The zero-order valence-electron chi connectivity index (χ0n) is 18.3. The number of carbonyl (C=O) groups excluding carboxylic acids is 1. The molecule has 3 heterocycles. The highest BCUT2D eigenvalue weighted by Crippen LogP contribution is 2.34. The zero-order valence-corrected chi connectivity index (χ0v) is 18.3. The van der Waals surface area contributed by atoms with Crippen LogP contribution in [0.2, 0.25) is 0 Å². The number of phenols is 1. The van der Waals surface area contributed by atoms with Crippen LogP contribution in [0.4, 0.5) is 15.0 Å².